The maximum atomic E-state index is 12.3. The van der Waals surface area contributed by atoms with Gasteiger partial charge in [-0.05, 0) is 22.4 Å². The van der Waals surface area contributed by atoms with Gasteiger partial charge >= 0.3 is 0 Å². The molecule has 25 heavy (non-hydrogen) atoms. The van der Waals surface area contributed by atoms with Crippen LogP contribution in [0.4, 0.5) is 5.69 Å². The Balaban J connectivity index is 0.00000225. The highest BCUT2D eigenvalue weighted by Gasteiger charge is 2.15. The largest absolute Gasteiger partial charge is 0.368 e. The number of nitrogens with zero attached hydrogens (tertiary/aromatic N) is 4. The van der Waals surface area contributed by atoms with Crippen molar-refractivity contribution in [1.29, 1.82) is 0 Å². The molecule has 0 bridgehead atoms. The SMILES string of the molecule is CN(Cc1ccsc1)C(=O)Cn1ncc(N2CCNCC2)cc1=O.Cl. The first-order valence-electron chi connectivity index (χ1n) is 7.91. The summed E-state index contributed by atoms with van der Waals surface area (Å²) in [6.45, 7) is 4.00. The number of rotatable bonds is 5. The van der Waals surface area contributed by atoms with E-state index in [0.717, 1.165) is 37.4 Å². The van der Waals surface area contributed by atoms with Crippen LogP contribution in [0.3, 0.4) is 0 Å². The van der Waals surface area contributed by atoms with Crippen LogP contribution in [-0.4, -0.2) is 53.8 Å². The Morgan fingerprint density at radius 3 is 2.80 bits per heavy atom. The molecule has 0 atom stereocenters. The van der Waals surface area contributed by atoms with Gasteiger partial charge in [-0.2, -0.15) is 16.4 Å². The molecule has 2 aromatic heterocycles. The van der Waals surface area contributed by atoms with Crippen molar-refractivity contribution in [3.8, 4) is 0 Å². The molecule has 9 heteroatoms. The van der Waals surface area contributed by atoms with Gasteiger partial charge in [-0.25, -0.2) is 4.68 Å². The van der Waals surface area contributed by atoms with Crippen LogP contribution >= 0.6 is 23.7 Å². The number of piperazine rings is 1. The summed E-state index contributed by atoms with van der Waals surface area (Å²) in [6, 6.07) is 3.55. The molecule has 1 amide bonds. The number of amides is 1. The second-order valence-corrected chi connectivity index (χ2v) is 6.61. The lowest BCUT2D eigenvalue weighted by Gasteiger charge is -2.29. The molecule has 136 valence electrons. The number of nitrogens with one attached hydrogen (secondary N) is 1. The zero-order valence-corrected chi connectivity index (χ0v) is 15.7. The van der Waals surface area contributed by atoms with Gasteiger partial charge in [0.2, 0.25) is 5.91 Å². The van der Waals surface area contributed by atoms with E-state index in [4.69, 9.17) is 0 Å². The van der Waals surface area contributed by atoms with Crippen molar-refractivity contribution in [2.75, 3.05) is 38.1 Å². The Bertz CT molecular complexity index is 743. The third-order valence-electron chi connectivity index (χ3n) is 4.05. The van der Waals surface area contributed by atoms with Gasteiger partial charge in [0.25, 0.3) is 5.56 Å². The van der Waals surface area contributed by atoms with E-state index in [1.54, 1.807) is 35.5 Å². The van der Waals surface area contributed by atoms with Gasteiger partial charge < -0.3 is 15.1 Å². The molecule has 0 saturated carbocycles. The van der Waals surface area contributed by atoms with Crippen LogP contribution in [0.1, 0.15) is 5.56 Å². The molecule has 2 aromatic rings. The smallest absolute Gasteiger partial charge is 0.269 e. The summed E-state index contributed by atoms with van der Waals surface area (Å²) in [7, 11) is 1.74. The number of anilines is 1. The molecular formula is C16H22ClN5O2S. The topological polar surface area (TPSA) is 70.5 Å². The van der Waals surface area contributed by atoms with Crippen LogP contribution < -0.4 is 15.8 Å². The maximum Gasteiger partial charge on any atom is 0.269 e. The molecule has 1 N–H and O–H groups in total. The first kappa shape index (κ1) is 19.4. The Kier molecular flexibility index (Phi) is 6.98. The van der Waals surface area contributed by atoms with Crippen molar-refractivity contribution in [3.05, 3.63) is 45.0 Å². The number of thiophene rings is 1. The van der Waals surface area contributed by atoms with Crippen molar-refractivity contribution < 1.29 is 4.79 Å². The molecule has 1 aliphatic rings. The van der Waals surface area contributed by atoms with E-state index in [1.165, 1.54) is 4.68 Å². The predicted molar refractivity (Wildman–Crippen MR) is 102 cm³/mol. The fraction of sp³-hybridized carbons (Fsp3) is 0.438. The summed E-state index contributed by atoms with van der Waals surface area (Å²) < 4.78 is 1.22. The van der Waals surface area contributed by atoms with Gasteiger partial charge in [-0.1, -0.05) is 0 Å². The van der Waals surface area contributed by atoms with Gasteiger partial charge in [0.1, 0.15) is 6.54 Å². The summed E-state index contributed by atoms with van der Waals surface area (Å²) in [5.41, 5.74) is 1.66. The van der Waals surface area contributed by atoms with E-state index in [2.05, 4.69) is 15.3 Å². The molecule has 0 aromatic carbocycles. The average molecular weight is 384 g/mol. The number of halogens is 1. The highest BCUT2D eigenvalue weighted by Crippen LogP contribution is 2.11. The van der Waals surface area contributed by atoms with E-state index in [0.29, 0.717) is 6.54 Å². The number of hydrogen-bond acceptors (Lipinski definition) is 6. The van der Waals surface area contributed by atoms with Crippen molar-refractivity contribution >= 4 is 35.3 Å². The third-order valence-corrected chi connectivity index (χ3v) is 4.78. The average Bonchev–Trinajstić information content (AvgIpc) is 3.10. The quantitative estimate of drug-likeness (QED) is 0.826. The molecule has 1 fully saturated rings. The lowest BCUT2D eigenvalue weighted by atomic mass is 10.3. The highest BCUT2D eigenvalue weighted by molar-refractivity contribution is 7.07. The molecule has 7 nitrogen and oxygen atoms in total. The number of likely N-dealkylation sites (N-methyl/N-ethyl adjacent to an activating group) is 1. The number of aromatic nitrogens is 2. The summed E-state index contributed by atoms with van der Waals surface area (Å²) >= 11 is 1.60. The summed E-state index contributed by atoms with van der Waals surface area (Å²) in [4.78, 5) is 28.3. The third kappa shape index (κ3) is 5.04. The fourth-order valence-corrected chi connectivity index (χ4v) is 3.29. The standard InChI is InChI=1S/C16H21N5O2S.ClH/c1-19(10-13-2-7-24-12-13)16(23)11-21-15(22)8-14(9-18-21)20-5-3-17-4-6-20;/h2,7-9,12,17H,3-6,10-11H2,1H3;1H. The minimum Gasteiger partial charge on any atom is -0.368 e. The Morgan fingerprint density at radius 1 is 1.40 bits per heavy atom. The van der Waals surface area contributed by atoms with E-state index >= 15 is 0 Å². The van der Waals surface area contributed by atoms with Gasteiger partial charge in [-0.3, -0.25) is 9.59 Å². The highest BCUT2D eigenvalue weighted by atomic mass is 35.5. The monoisotopic (exact) mass is 383 g/mol. The zero-order valence-electron chi connectivity index (χ0n) is 14.1. The van der Waals surface area contributed by atoms with Crippen LogP contribution in [0.2, 0.25) is 0 Å². The number of hydrogen-bond donors (Lipinski definition) is 1. The molecular weight excluding hydrogens is 362 g/mol. The second kappa shape index (κ2) is 8.98. The van der Waals surface area contributed by atoms with E-state index in [-0.39, 0.29) is 30.4 Å². The van der Waals surface area contributed by atoms with Gasteiger partial charge in [-0.15, -0.1) is 12.4 Å². The zero-order chi connectivity index (χ0) is 16.9. The first-order valence-corrected chi connectivity index (χ1v) is 8.85. The van der Waals surface area contributed by atoms with E-state index < -0.39 is 0 Å². The minimum atomic E-state index is -0.247. The predicted octanol–water partition coefficient (Wildman–Crippen LogP) is 0.795. The molecule has 0 unspecified atom stereocenters. The summed E-state index contributed by atoms with van der Waals surface area (Å²) in [6.07, 6.45) is 1.67. The minimum absolute atomic E-state index is 0. The maximum absolute atomic E-state index is 12.3. The molecule has 0 spiro atoms. The Hall–Kier alpha value is -1.90. The number of carbonyl (C=O) groups is 1. The lowest BCUT2D eigenvalue weighted by molar-refractivity contribution is -0.131. The van der Waals surface area contributed by atoms with Crippen LogP contribution in [-0.2, 0) is 17.9 Å². The second-order valence-electron chi connectivity index (χ2n) is 5.83. The first-order chi connectivity index (χ1) is 11.6. The van der Waals surface area contributed by atoms with Crippen LogP contribution in [0.15, 0.2) is 33.9 Å². The number of carbonyl (C=O) groups excluding carboxylic acids is 1. The Labute approximate surface area is 156 Å². The van der Waals surface area contributed by atoms with E-state index in [1.807, 2.05) is 16.8 Å². The van der Waals surface area contributed by atoms with Crippen molar-refractivity contribution in [3.63, 3.8) is 0 Å². The van der Waals surface area contributed by atoms with Gasteiger partial charge in [0, 0.05) is 45.8 Å². The molecule has 1 saturated heterocycles. The summed E-state index contributed by atoms with van der Waals surface area (Å²) in [5, 5.41) is 11.4. The van der Waals surface area contributed by atoms with Crippen LogP contribution in [0.5, 0.6) is 0 Å². The fourth-order valence-electron chi connectivity index (χ4n) is 2.63. The van der Waals surface area contributed by atoms with Gasteiger partial charge in [0.05, 0.1) is 11.9 Å². The molecule has 1 aliphatic heterocycles. The van der Waals surface area contributed by atoms with Crippen molar-refractivity contribution in [2.24, 2.45) is 0 Å². The molecule has 3 heterocycles. The van der Waals surface area contributed by atoms with E-state index in [9.17, 15) is 9.59 Å². The lowest BCUT2D eigenvalue weighted by Crippen LogP contribution is -2.44. The van der Waals surface area contributed by atoms with Crippen LogP contribution in [0.25, 0.3) is 0 Å². The normalized spacial score (nSPS) is 14.0. The van der Waals surface area contributed by atoms with Crippen molar-refractivity contribution in [1.82, 2.24) is 20.0 Å². The molecule has 0 radical (unpaired) electrons. The van der Waals surface area contributed by atoms with Gasteiger partial charge in [0.15, 0.2) is 0 Å². The summed E-state index contributed by atoms with van der Waals surface area (Å²) in [5.74, 6) is -0.134. The van der Waals surface area contributed by atoms with Crippen molar-refractivity contribution in [2.45, 2.75) is 13.1 Å². The van der Waals surface area contributed by atoms with Crippen LogP contribution in [0, 0.1) is 0 Å². The molecule has 3 rings (SSSR count). The Morgan fingerprint density at radius 2 is 2.16 bits per heavy atom. The molecule has 0 aliphatic carbocycles.